The van der Waals surface area contributed by atoms with Gasteiger partial charge in [-0.25, -0.2) is 4.98 Å². The molecule has 0 aliphatic rings. The summed E-state index contributed by atoms with van der Waals surface area (Å²) in [7, 11) is 0. The van der Waals surface area contributed by atoms with E-state index in [0.29, 0.717) is 26.1 Å². The molecule has 3 heterocycles. The number of H-pyrrole nitrogens is 1. The summed E-state index contributed by atoms with van der Waals surface area (Å²) in [6.45, 7) is 0.258. The van der Waals surface area contributed by atoms with E-state index in [9.17, 15) is 9.59 Å². The Kier molecular flexibility index (Phi) is 6.73. The number of nitriles is 1. The zero-order chi connectivity index (χ0) is 21.8. The second kappa shape index (κ2) is 9.66. The van der Waals surface area contributed by atoms with Crippen molar-refractivity contribution in [3.63, 3.8) is 0 Å². The third kappa shape index (κ3) is 4.83. The summed E-state index contributed by atoms with van der Waals surface area (Å²) in [5.41, 5.74) is 1.28. The van der Waals surface area contributed by atoms with Gasteiger partial charge in [-0.3, -0.25) is 9.59 Å². The highest BCUT2D eigenvalue weighted by molar-refractivity contribution is 7.99. The Morgan fingerprint density at radius 1 is 1.29 bits per heavy atom. The highest BCUT2D eigenvalue weighted by atomic mass is 35.5. The van der Waals surface area contributed by atoms with Crippen LogP contribution in [-0.4, -0.2) is 28.2 Å². The van der Waals surface area contributed by atoms with E-state index in [1.807, 2.05) is 22.9 Å². The normalized spacial score (nSPS) is 10.8. The van der Waals surface area contributed by atoms with Crippen molar-refractivity contribution < 1.29 is 4.79 Å². The molecule has 0 radical (unpaired) electrons. The number of anilines is 1. The van der Waals surface area contributed by atoms with Gasteiger partial charge in [-0.05, 0) is 29.6 Å². The number of hydrogen-bond acceptors (Lipinski definition) is 7. The number of carbonyl (C=O) groups excluding carboxylic acids is 1. The van der Waals surface area contributed by atoms with Gasteiger partial charge in [0.05, 0.1) is 23.6 Å². The Morgan fingerprint density at radius 3 is 2.90 bits per heavy atom. The minimum Gasteiger partial charge on any atom is -0.311 e. The summed E-state index contributed by atoms with van der Waals surface area (Å²) >= 11 is 10.2. The molecule has 0 saturated heterocycles. The molecule has 0 saturated carbocycles. The molecule has 3 aromatic heterocycles. The minimum atomic E-state index is -0.222. The monoisotopic (exact) mass is 486 g/mol. The van der Waals surface area contributed by atoms with Crippen molar-refractivity contribution in [3.8, 4) is 16.5 Å². The molecule has 156 valence electrons. The van der Waals surface area contributed by atoms with Crippen LogP contribution in [0.25, 0.3) is 20.7 Å². The number of aromatic nitrogens is 2. The average Bonchev–Trinajstić information content (AvgIpc) is 3.42. The largest absolute Gasteiger partial charge is 0.311 e. The molecule has 1 N–H and O–H groups in total. The number of hydrogen-bond donors (Lipinski definition) is 1. The number of nitrogens with one attached hydrogen (secondary N) is 1. The number of thioether (sulfide) groups is 1. The van der Waals surface area contributed by atoms with Crippen LogP contribution in [0.5, 0.6) is 0 Å². The molecule has 0 fully saturated rings. The minimum absolute atomic E-state index is 0.0650. The molecule has 0 bridgehead atoms. The van der Waals surface area contributed by atoms with Crippen LogP contribution in [-0.2, 0) is 4.79 Å². The van der Waals surface area contributed by atoms with Crippen molar-refractivity contribution in [1.29, 1.82) is 5.26 Å². The topological polar surface area (TPSA) is 89.8 Å². The Bertz CT molecular complexity index is 1320. The van der Waals surface area contributed by atoms with Gasteiger partial charge in [-0.15, -0.1) is 22.7 Å². The van der Waals surface area contributed by atoms with Crippen LogP contribution >= 0.6 is 46.0 Å². The summed E-state index contributed by atoms with van der Waals surface area (Å²) in [6, 6.07) is 12.9. The molecule has 0 spiro atoms. The van der Waals surface area contributed by atoms with E-state index >= 15 is 0 Å². The maximum Gasteiger partial charge on any atom is 0.260 e. The Balaban J connectivity index is 1.54. The summed E-state index contributed by atoms with van der Waals surface area (Å²) in [5.74, 6) is -0.133. The van der Waals surface area contributed by atoms with E-state index in [1.54, 1.807) is 35.6 Å². The predicted molar refractivity (Wildman–Crippen MR) is 128 cm³/mol. The molecule has 31 heavy (non-hydrogen) atoms. The molecule has 4 rings (SSSR count). The number of benzene rings is 1. The molecular weight excluding hydrogens is 472 g/mol. The highest BCUT2D eigenvalue weighted by Gasteiger charge is 2.18. The lowest BCUT2D eigenvalue weighted by molar-refractivity contribution is -0.116. The number of amides is 1. The Hall–Kier alpha value is -2.64. The van der Waals surface area contributed by atoms with Gasteiger partial charge in [-0.1, -0.05) is 35.5 Å². The summed E-state index contributed by atoms with van der Waals surface area (Å²) < 4.78 is 0. The average molecular weight is 487 g/mol. The molecule has 6 nitrogen and oxygen atoms in total. The molecule has 0 aliphatic carbocycles. The van der Waals surface area contributed by atoms with E-state index in [-0.39, 0.29) is 30.2 Å². The number of thiophene rings is 2. The molecule has 1 amide bonds. The van der Waals surface area contributed by atoms with Crippen LogP contribution in [0.4, 0.5) is 5.69 Å². The number of carbonyl (C=O) groups is 1. The second-order valence-electron chi connectivity index (χ2n) is 6.40. The lowest BCUT2D eigenvalue weighted by atomic mass is 10.2. The molecular formula is C21H15ClN4O2S3. The Morgan fingerprint density at radius 2 is 2.16 bits per heavy atom. The molecule has 0 unspecified atom stereocenters. The summed E-state index contributed by atoms with van der Waals surface area (Å²) in [5, 5.41) is 14.3. The number of halogens is 1. The quantitative estimate of drug-likeness (QED) is 0.279. The smallest absolute Gasteiger partial charge is 0.260 e. The predicted octanol–water partition coefficient (Wildman–Crippen LogP) is 5.41. The molecule has 0 aliphatic heterocycles. The van der Waals surface area contributed by atoms with Crippen LogP contribution in [0, 0.1) is 11.3 Å². The van der Waals surface area contributed by atoms with E-state index in [1.165, 1.54) is 16.2 Å². The van der Waals surface area contributed by atoms with Crippen molar-refractivity contribution >= 4 is 67.8 Å². The van der Waals surface area contributed by atoms with Crippen molar-refractivity contribution in [2.45, 2.75) is 11.6 Å². The first-order chi connectivity index (χ1) is 15.1. The standard InChI is InChI=1S/C21H15ClN4O2S3/c22-13-4-1-5-14(10-13)26(8-3-7-23)17(27)12-31-21-24-19(28)18-15(11-30-20(18)25-21)16-6-2-9-29-16/h1-2,4-6,9-11H,3,8,12H2,(H,24,25,28). The second-order valence-corrected chi connectivity index (χ2v) is 9.61. The van der Waals surface area contributed by atoms with Crippen LogP contribution in [0.1, 0.15) is 6.42 Å². The lowest BCUT2D eigenvalue weighted by Crippen LogP contribution is -2.33. The zero-order valence-electron chi connectivity index (χ0n) is 16.0. The number of rotatable bonds is 7. The summed E-state index contributed by atoms with van der Waals surface area (Å²) in [6.07, 6.45) is 0.199. The third-order valence-corrected chi connectivity index (χ3v) is 7.28. The van der Waals surface area contributed by atoms with Gasteiger partial charge < -0.3 is 9.88 Å². The zero-order valence-corrected chi connectivity index (χ0v) is 19.2. The first-order valence-electron chi connectivity index (χ1n) is 9.18. The van der Waals surface area contributed by atoms with Crippen molar-refractivity contribution in [1.82, 2.24) is 9.97 Å². The van der Waals surface area contributed by atoms with Crippen molar-refractivity contribution in [2.24, 2.45) is 0 Å². The molecule has 4 aromatic rings. The van der Waals surface area contributed by atoms with Gasteiger partial charge in [0.25, 0.3) is 5.56 Å². The lowest BCUT2D eigenvalue weighted by Gasteiger charge is -2.21. The third-order valence-electron chi connectivity index (χ3n) is 4.41. The van der Waals surface area contributed by atoms with E-state index in [4.69, 9.17) is 16.9 Å². The highest BCUT2D eigenvalue weighted by Crippen LogP contribution is 2.34. The van der Waals surface area contributed by atoms with Crippen LogP contribution in [0.2, 0.25) is 5.02 Å². The first kappa shape index (κ1) is 21.6. The fraction of sp³-hybridized carbons (Fsp3) is 0.143. The van der Waals surface area contributed by atoms with Gasteiger partial charge in [0.15, 0.2) is 5.16 Å². The fourth-order valence-corrected chi connectivity index (χ4v) is 5.76. The molecule has 1 aromatic carbocycles. The van der Waals surface area contributed by atoms with E-state index in [2.05, 4.69) is 16.0 Å². The Labute approximate surface area is 195 Å². The van der Waals surface area contributed by atoms with Gasteiger partial charge in [0, 0.05) is 33.1 Å². The number of aromatic amines is 1. The van der Waals surface area contributed by atoms with E-state index in [0.717, 1.165) is 22.2 Å². The van der Waals surface area contributed by atoms with Gasteiger partial charge >= 0.3 is 0 Å². The van der Waals surface area contributed by atoms with Crippen LogP contribution < -0.4 is 10.5 Å². The van der Waals surface area contributed by atoms with Gasteiger partial charge in [0.1, 0.15) is 4.83 Å². The first-order valence-corrected chi connectivity index (χ1v) is 12.3. The van der Waals surface area contributed by atoms with Crippen LogP contribution in [0.15, 0.2) is 57.1 Å². The van der Waals surface area contributed by atoms with Crippen molar-refractivity contribution in [3.05, 3.63) is 62.5 Å². The summed E-state index contributed by atoms with van der Waals surface area (Å²) in [4.78, 5) is 36.1. The van der Waals surface area contributed by atoms with Gasteiger partial charge in [0.2, 0.25) is 5.91 Å². The molecule has 10 heteroatoms. The van der Waals surface area contributed by atoms with Crippen LogP contribution in [0.3, 0.4) is 0 Å². The van der Waals surface area contributed by atoms with Gasteiger partial charge in [-0.2, -0.15) is 5.26 Å². The fourth-order valence-electron chi connectivity index (χ4n) is 3.02. The van der Waals surface area contributed by atoms with E-state index < -0.39 is 0 Å². The maximum absolute atomic E-state index is 12.9. The van der Waals surface area contributed by atoms with Crippen molar-refractivity contribution in [2.75, 3.05) is 17.2 Å². The SMILES string of the molecule is N#CCCN(C(=O)CSc1nc2scc(-c3cccs3)c2c(=O)[nH]1)c1cccc(Cl)c1. The maximum atomic E-state index is 12.9. The number of fused-ring (bicyclic) bond motifs is 1. The number of nitrogens with zero attached hydrogens (tertiary/aromatic N) is 3. The molecule has 0 atom stereocenters.